The predicted octanol–water partition coefficient (Wildman–Crippen LogP) is 2.85. The van der Waals surface area contributed by atoms with Gasteiger partial charge in [0.15, 0.2) is 0 Å². The molecule has 0 radical (unpaired) electrons. The molecule has 0 bridgehead atoms. The number of nitrogens with zero attached hydrogens (tertiary/aromatic N) is 1. The lowest BCUT2D eigenvalue weighted by Crippen LogP contribution is -2.34. The second-order valence-electron chi connectivity index (χ2n) is 5.84. The minimum atomic E-state index is 0. The van der Waals surface area contributed by atoms with Crippen molar-refractivity contribution in [2.45, 2.75) is 26.8 Å². The van der Waals surface area contributed by atoms with E-state index < -0.39 is 0 Å². The van der Waals surface area contributed by atoms with E-state index in [2.05, 4.69) is 55.4 Å². The van der Waals surface area contributed by atoms with Crippen LogP contribution < -0.4 is 5.32 Å². The van der Waals surface area contributed by atoms with E-state index in [1.54, 1.807) is 0 Å². The average Bonchev–Trinajstić information content (AvgIpc) is 2.68. The van der Waals surface area contributed by atoms with Crippen molar-refractivity contribution in [3.63, 3.8) is 0 Å². The molecular weight excluding hydrogens is 244 g/mol. The summed E-state index contributed by atoms with van der Waals surface area (Å²) in [6, 6.07) is 8.68. The summed E-state index contributed by atoms with van der Waals surface area (Å²) in [5.41, 5.74) is 3.30. The van der Waals surface area contributed by atoms with E-state index in [0.717, 1.165) is 13.1 Å². The molecule has 1 atom stereocenters. The average molecular weight is 269 g/mol. The standard InChI is InChI=1S/C15H24N2.ClH/c1-13-6-4-5-7-14(13)10-17(3)12-15(2)8-9-16-11-15;/h4-7,16H,8-12H2,1-3H3;1H. The van der Waals surface area contributed by atoms with E-state index in [0.29, 0.717) is 5.41 Å². The molecule has 1 aromatic rings. The van der Waals surface area contributed by atoms with Crippen LogP contribution in [-0.2, 0) is 6.54 Å². The highest BCUT2D eigenvalue weighted by atomic mass is 35.5. The van der Waals surface area contributed by atoms with Crippen LogP contribution in [0.1, 0.15) is 24.5 Å². The van der Waals surface area contributed by atoms with Gasteiger partial charge in [-0.1, -0.05) is 31.2 Å². The first-order valence-electron chi connectivity index (χ1n) is 6.53. The van der Waals surface area contributed by atoms with Crippen molar-refractivity contribution in [3.8, 4) is 0 Å². The zero-order chi connectivity index (χ0) is 12.3. The summed E-state index contributed by atoms with van der Waals surface area (Å²) in [5, 5.41) is 3.47. The summed E-state index contributed by atoms with van der Waals surface area (Å²) in [7, 11) is 2.23. The number of halogens is 1. The van der Waals surface area contributed by atoms with Crippen molar-refractivity contribution in [3.05, 3.63) is 35.4 Å². The number of hydrogen-bond donors (Lipinski definition) is 1. The third-order valence-corrected chi connectivity index (χ3v) is 3.81. The highest BCUT2D eigenvalue weighted by Crippen LogP contribution is 2.25. The van der Waals surface area contributed by atoms with Gasteiger partial charge < -0.3 is 10.2 Å². The Labute approximate surface area is 117 Å². The molecule has 3 heteroatoms. The Morgan fingerprint density at radius 2 is 2.06 bits per heavy atom. The smallest absolute Gasteiger partial charge is 0.0233 e. The van der Waals surface area contributed by atoms with Crippen LogP contribution in [0.4, 0.5) is 0 Å². The Balaban J connectivity index is 0.00000162. The molecule has 1 fully saturated rings. The third kappa shape index (κ3) is 3.98. The monoisotopic (exact) mass is 268 g/mol. The van der Waals surface area contributed by atoms with Gasteiger partial charge in [-0.05, 0) is 43.5 Å². The largest absolute Gasteiger partial charge is 0.316 e. The molecule has 102 valence electrons. The maximum absolute atomic E-state index is 3.47. The van der Waals surface area contributed by atoms with Gasteiger partial charge in [0.05, 0.1) is 0 Å². The van der Waals surface area contributed by atoms with Crippen molar-refractivity contribution in [1.82, 2.24) is 10.2 Å². The molecule has 0 saturated carbocycles. The van der Waals surface area contributed by atoms with E-state index in [1.165, 1.54) is 30.6 Å². The topological polar surface area (TPSA) is 15.3 Å². The first kappa shape index (κ1) is 15.5. The van der Waals surface area contributed by atoms with Crippen LogP contribution in [0.2, 0.25) is 0 Å². The van der Waals surface area contributed by atoms with Crippen molar-refractivity contribution in [2.75, 3.05) is 26.7 Å². The van der Waals surface area contributed by atoms with Crippen LogP contribution in [0.15, 0.2) is 24.3 Å². The molecule has 1 N–H and O–H groups in total. The molecule has 0 aliphatic carbocycles. The van der Waals surface area contributed by atoms with Crippen molar-refractivity contribution in [1.29, 1.82) is 0 Å². The van der Waals surface area contributed by atoms with E-state index >= 15 is 0 Å². The highest BCUT2D eigenvalue weighted by Gasteiger charge is 2.29. The summed E-state index contributed by atoms with van der Waals surface area (Å²) in [4.78, 5) is 2.45. The van der Waals surface area contributed by atoms with Crippen molar-refractivity contribution in [2.24, 2.45) is 5.41 Å². The van der Waals surface area contributed by atoms with Gasteiger partial charge in [-0.25, -0.2) is 0 Å². The first-order chi connectivity index (χ1) is 8.09. The molecule has 18 heavy (non-hydrogen) atoms. The number of hydrogen-bond acceptors (Lipinski definition) is 2. The molecular formula is C15H25ClN2. The minimum Gasteiger partial charge on any atom is -0.316 e. The normalized spacial score (nSPS) is 23.1. The number of rotatable bonds is 4. The van der Waals surface area contributed by atoms with Gasteiger partial charge in [0, 0.05) is 19.6 Å². The molecule has 0 aromatic heterocycles. The molecule has 2 rings (SSSR count). The van der Waals surface area contributed by atoms with E-state index in [4.69, 9.17) is 0 Å². The lowest BCUT2D eigenvalue weighted by molar-refractivity contribution is 0.203. The quantitative estimate of drug-likeness (QED) is 0.903. The highest BCUT2D eigenvalue weighted by molar-refractivity contribution is 5.85. The molecule has 1 heterocycles. The molecule has 1 aliphatic heterocycles. The third-order valence-electron chi connectivity index (χ3n) is 3.81. The summed E-state index contributed by atoms with van der Waals surface area (Å²) < 4.78 is 0. The van der Waals surface area contributed by atoms with E-state index in [-0.39, 0.29) is 12.4 Å². The van der Waals surface area contributed by atoms with Crippen LogP contribution in [0, 0.1) is 12.3 Å². The molecule has 2 nitrogen and oxygen atoms in total. The maximum Gasteiger partial charge on any atom is 0.0233 e. The van der Waals surface area contributed by atoms with Crippen LogP contribution in [-0.4, -0.2) is 31.6 Å². The Morgan fingerprint density at radius 3 is 2.67 bits per heavy atom. The Bertz CT molecular complexity index is 373. The molecule has 1 aliphatic rings. The van der Waals surface area contributed by atoms with Crippen LogP contribution >= 0.6 is 12.4 Å². The van der Waals surface area contributed by atoms with Crippen molar-refractivity contribution < 1.29 is 0 Å². The van der Waals surface area contributed by atoms with Crippen LogP contribution in [0.3, 0.4) is 0 Å². The van der Waals surface area contributed by atoms with Crippen molar-refractivity contribution >= 4 is 12.4 Å². The predicted molar refractivity (Wildman–Crippen MR) is 80.4 cm³/mol. The van der Waals surface area contributed by atoms with Gasteiger partial charge in [-0.3, -0.25) is 0 Å². The summed E-state index contributed by atoms with van der Waals surface area (Å²) >= 11 is 0. The van der Waals surface area contributed by atoms with Gasteiger partial charge in [0.25, 0.3) is 0 Å². The second kappa shape index (κ2) is 6.55. The first-order valence-corrected chi connectivity index (χ1v) is 6.53. The summed E-state index contributed by atoms with van der Waals surface area (Å²) in [6.07, 6.45) is 1.30. The SMILES string of the molecule is Cc1ccccc1CN(C)CC1(C)CCNC1.Cl. The fraction of sp³-hybridized carbons (Fsp3) is 0.600. The fourth-order valence-corrected chi connectivity index (χ4v) is 2.79. The summed E-state index contributed by atoms with van der Waals surface area (Å²) in [6.45, 7) is 9.15. The fourth-order valence-electron chi connectivity index (χ4n) is 2.79. The van der Waals surface area contributed by atoms with E-state index in [1.807, 2.05) is 0 Å². The number of aryl methyl sites for hydroxylation is 1. The van der Waals surface area contributed by atoms with Gasteiger partial charge in [-0.15, -0.1) is 12.4 Å². The van der Waals surface area contributed by atoms with Crippen LogP contribution in [0.5, 0.6) is 0 Å². The maximum atomic E-state index is 3.47. The molecule has 1 saturated heterocycles. The van der Waals surface area contributed by atoms with Gasteiger partial charge >= 0.3 is 0 Å². The van der Waals surface area contributed by atoms with E-state index in [9.17, 15) is 0 Å². The van der Waals surface area contributed by atoms with Gasteiger partial charge in [-0.2, -0.15) is 0 Å². The lowest BCUT2D eigenvalue weighted by Gasteiger charge is -2.29. The van der Waals surface area contributed by atoms with Gasteiger partial charge in [0.1, 0.15) is 0 Å². The Morgan fingerprint density at radius 1 is 1.33 bits per heavy atom. The minimum absolute atomic E-state index is 0. The molecule has 0 amide bonds. The zero-order valence-corrected chi connectivity index (χ0v) is 12.5. The van der Waals surface area contributed by atoms with Gasteiger partial charge in [0.2, 0.25) is 0 Å². The zero-order valence-electron chi connectivity index (χ0n) is 11.7. The molecule has 1 unspecified atom stereocenters. The lowest BCUT2D eigenvalue weighted by atomic mass is 9.89. The number of nitrogens with one attached hydrogen (secondary N) is 1. The number of benzene rings is 1. The Kier molecular flexibility index (Phi) is 5.64. The Hall–Kier alpha value is -0.570. The van der Waals surface area contributed by atoms with Crippen LogP contribution in [0.25, 0.3) is 0 Å². The summed E-state index contributed by atoms with van der Waals surface area (Å²) in [5.74, 6) is 0. The molecule has 1 aromatic carbocycles. The molecule has 0 spiro atoms. The second-order valence-corrected chi connectivity index (χ2v) is 5.84.